The molecule has 24 heavy (non-hydrogen) atoms. The summed E-state index contributed by atoms with van der Waals surface area (Å²) in [5.41, 5.74) is 4.08. The van der Waals surface area contributed by atoms with E-state index >= 15 is 0 Å². The van der Waals surface area contributed by atoms with Crippen LogP contribution in [0.15, 0.2) is 59.6 Å². The van der Waals surface area contributed by atoms with Crippen LogP contribution in [0.1, 0.15) is 51.0 Å². The maximum absolute atomic E-state index is 4.76. The van der Waals surface area contributed by atoms with E-state index < -0.39 is 0 Å². The van der Waals surface area contributed by atoms with Gasteiger partial charge in [0.2, 0.25) is 0 Å². The molecule has 0 radical (unpaired) electrons. The lowest BCUT2D eigenvalue weighted by Crippen LogP contribution is -2.30. The normalized spacial score (nSPS) is 19.8. The number of anilines is 2. The Morgan fingerprint density at radius 2 is 1.75 bits per heavy atom. The van der Waals surface area contributed by atoms with Crippen molar-refractivity contribution in [3.05, 3.63) is 60.2 Å². The molecule has 0 spiro atoms. The molecule has 0 saturated heterocycles. The number of nitrogens with zero attached hydrogens (tertiary/aromatic N) is 2. The Morgan fingerprint density at radius 3 is 2.50 bits per heavy atom. The zero-order valence-corrected chi connectivity index (χ0v) is 14.9. The highest BCUT2D eigenvalue weighted by atomic mass is 15.2. The van der Waals surface area contributed by atoms with Gasteiger partial charge in [0, 0.05) is 29.9 Å². The van der Waals surface area contributed by atoms with Crippen LogP contribution < -0.4 is 4.90 Å². The Kier molecular flexibility index (Phi) is 5.68. The molecule has 1 heterocycles. The number of para-hydroxylation sites is 2. The van der Waals surface area contributed by atoms with Gasteiger partial charge in [-0.3, -0.25) is 4.99 Å². The number of hydrogen-bond acceptors (Lipinski definition) is 2. The van der Waals surface area contributed by atoms with E-state index in [1.807, 2.05) is 0 Å². The summed E-state index contributed by atoms with van der Waals surface area (Å²) >= 11 is 0. The lowest BCUT2D eigenvalue weighted by atomic mass is 9.93. The lowest BCUT2D eigenvalue weighted by molar-refractivity contribution is 0.549. The highest BCUT2D eigenvalue weighted by molar-refractivity contribution is 5.72. The first-order valence-electron chi connectivity index (χ1n) is 9.28. The molecule has 2 unspecified atom stereocenters. The van der Waals surface area contributed by atoms with Gasteiger partial charge < -0.3 is 4.90 Å². The van der Waals surface area contributed by atoms with Gasteiger partial charge >= 0.3 is 0 Å². The first kappa shape index (κ1) is 16.8. The fraction of sp³-hybridized carbons (Fsp3) is 0.409. The van der Waals surface area contributed by atoms with Crippen molar-refractivity contribution in [2.45, 2.75) is 51.5 Å². The zero-order valence-electron chi connectivity index (χ0n) is 14.9. The minimum atomic E-state index is 0.476. The Labute approximate surface area is 146 Å². The molecular weight excluding hydrogens is 292 g/mol. The molecule has 0 N–H and O–H groups in total. The van der Waals surface area contributed by atoms with E-state index in [4.69, 9.17) is 4.99 Å². The summed E-state index contributed by atoms with van der Waals surface area (Å²) in [7, 11) is 0. The molecule has 0 aromatic heterocycles. The van der Waals surface area contributed by atoms with E-state index in [9.17, 15) is 0 Å². The van der Waals surface area contributed by atoms with Crippen molar-refractivity contribution >= 4 is 17.6 Å². The molecule has 0 fully saturated rings. The SMILES string of the molecule is CCCCC=NCC1c2ccccc2N(c2ccccc2)C1CC. The molecule has 1 aliphatic rings. The van der Waals surface area contributed by atoms with Crippen LogP contribution in [0.25, 0.3) is 0 Å². The van der Waals surface area contributed by atoms with Crippen molar-refractivity contribution in [2.24, 2.45) is 4.99 Å². The topological polar surface area (TPSA) is 15.6 Å². The molecule has 2 atom stereocenters. The average molecular weight is 320 g/mol. The molecule has 0 amide bonds. The summed E-state index contributed by atoms with van der Waals surface area (Å²) in [5.74, 6) is 0.476. The molecular formula is C22H28N2. The molecule has 0 bridgehead atoms. The van der Waals surface area contributed by atoms with Crippen LogP contribution in [0.3, 0.4) is 0 Å². The van der Waals surface area contributed by atoms with Crippen molar-refractivity contribution in [1.29, 1.82) is 0 Å². The third-order valence-corrected chi connectivity index (χ3v) is 4.96. The van der Waals surface area contributed by atoms with Gasteiger partial charge in [0.05, 0.1) is 0 Å². The first-order valence-corrected chi connectivity index (χ1v) is 9.28. The summed E-state index contributed by atoms with van der Waals surface area (Å²) < 4.78 is 0. The zero-order chi connectivity index (χ0) is 16.8. The number of fused-ring (bicyclic) bond motifs is 1. The fourth-order valence-corrected chi connectivity index (χ4v) is 3.77. The molecule has 126 valence electrons. The Bertz CT molecular complexity index is 663. The maximum atomic E-state index is 4.76. The van der Waals surface area contributed by atoms with E-state index in [1.54, 1.807) is 0 Å². The monoisotopic (exact) mass is 320 g/mol. The smallest absolute Gasteiger partial charge is 0.0474 e. The molecule has 2 heteroatoms. The van der Waals surface area contributed by atoms with Crippen LogP contribution in [-0.4, -0.2) is 18.8 Å². The van der Waals surface area contributed by atoms with Gasteiger partial charge in [-0.25, -0.2) is 0 Å². The summed E-state index contributed by atoms with van der Waals surface area (Å²) in [6, 6.07) is 20.1. The number of hydrogen-bond donors (Lipinski definition) is 0. The standard InChI is InChI=1S/C22H28N2/c1-3-5-11-16-23-17-20-19-14-9-10-15-22(19)24(21(20)4-2)18-12-7-6-8-13-18/h6-10,12-16,20-21H,3-5,11,17H2,1-2H3. The van der Waals surface area contributed by atoms with E-state index in [2.05, 4.69) is 79.6 Å². The van der Waals surface area contributed by atoms with E-state index in [0.717, 1.165) is 19.4 Å². The first-order chi connectivity index (χ1) is 11.9. The second kappa shape index (κ2) is 8.14. The van der Waals surface area contributed by atoms with Crippen LogP contribution in [-0.2, 0) is 0 Å². The Hall–Kier alpha value is -2.09. The summed E-state index contributed by atoms with van der Waals surface area (Å²) in [6.07, 6.45) is 6.82. The molecule has 2 aromatic rings. The number of benzene rings is 2. The van der Waals surface area contributed by atoms with Gasteiger partial charge in [0.1, 0.15) is 0 Å². The Morgan fingerprint density at radius 1 is 1.00 bits per heavy atom. The van der Waals surface area contributed by atoms with Crippen LogP contribution >= 0.6 is 0 Å². The van der Waals surface area contributed by atoms with Gasteiger partial charge in [-0.05, 0) is 49.2 Å². The van der Waals surface area contributed by atoms with Gasteiger partial charge in [-0.15, -0.1) is 0 Å². The minimum absolute atomic E-state index is 0.476. The molecule has 2 aromatic carbocycles. The Balaban J connectivity index is 1.88. The molecule has 3 rings (SSSR count). The molecule has 2 nitrogen and oxygen atoms in total. The van der Waals surface area contributed by atoms with Crippen molar-refractivity contribution < 1.29 is 0 Å². The van der Waals surface area contributed by atoms with Crippen LogP contribution in [0.4, 0.5) is 11.4 Å². The summed E-state index contributed by atoms with van der Waals surface area (Å²) in [4.78, 5) is 7.28. The van der Waals surface area contributed by atoms with E-state index in [0.29, 0.717) is 12.0 Å². The van der Waals surface area contributed by atoms with Crippen molar-refractivity contribution in [3.8, 4) is 0 Å². The van der Waals surface area contributed by atoms with Crippen LogP contribution in [0, 0.1) is 0 Å². The largest absolute Gasteiger partial charge is 0.337 e. The lowest BCUT2D eigenvalue weighted by Gasteiger charge is -2.29. The highest BCUT2D eigenvalue weighted by Gasteiger charge is 2.37. The summed E-state index contributed by atoms with van der Waals surface area (Å²) in [6.45, 7) is 5.41. The minimum Gasteiger partial charge on any atom is -0.337 e. The molecule has 0 saturated carbocycles. The maximum Gasteiger partial charge on any atom is 0.0474 e. The second-order valence-electron chi connectivity index (χ2n) is 6.54. The molecule has 1 aliphatic heterocycles. The third-order valence-electron chi connectivity index (χ3n) is 4.96. The average Bonchev–Trinajstić information content (AvgIpc) is 2.96. The molecule has 0 aliphatic carbocycles. The number of rotatable bonds is 7. The van der Waals surface area contributed by atoms with E-state index in [-0.39, 0.29) is 0 Å². The van der Waals surface area contributed by atoms with Crippen molar-refractivity contribution in [3.63, 3.8) is 0 Å². The highest BCUT2D eigenvalue weighted by Crippen LogP contribution is 2.46. The number of aliphatic imine (C=N–C) groups is 1. The predicted octanol–water partition coefficient (Wildman–Crippen LogP) is 5.96. The van der Waals surface area contributed by atoms with E-state index in [1.165, 1.54) is 29.8 Å². The van der Waals surface area contributed by atoms with Gasteiger partial charge in [0.25, 0.3) is 0 Å². The second-order valence-corrected chi connectivity index (χ2v) is 6.54. The fourth-order valence-electron chi connectivity index (χ4n) is 3.77. The van der Waals surface area contributed by atoms with Gasteiger partial charge in [-0.1, -0.05) is 56.7 Å². The third kappa shape index (κ3) is 3.38. The quantitative estimate of drug-likeness (QED) is 0.454. The van der Waals surface area contributed by atoms with Crippen molar-refractivity contribution in [1.82, 2.24) is 0 Å². The summed E-state index contributed by atoms with van der Waals surface area (Å²) in [5, 5.41) is 0. The van der Waals surface area contributed by atoms with Crippen LogP contribution in [0.2, 0.25) is 0 Å². The van der Waals surface area contributed by atoms with Gasteiger partial charge in [-0.2, -0.15) is 0 Å². The van der Waals surface area contributed by atoms with Gasteiger partial charge in [0.15, 0.2) is 0 Å². The predicted molar refractivity (Wildman–Crippen MR) is 105 cm³/mol. The number of unbranched alkanes of at least 4 members (excludes halogenated alkanes) is 2. The van der Waals surface area contributed by atoms with Crippen LogP contribution in [0.5, 0.6) is 0 Å². The van der Waals surface area contributed by atoms with Crippen molar-refractivity contribution in [2.75, 3.05) is 11.4 Å².